The molecule has 2 aliphatic rings. The van der Waals surface area contributed by atoms with Gasteiger partial charge in [0.1, 0.15) is 0 Å². The minimum Gasteiger partial charge on any atom is -0.377 e. The van der Waals surface area contributed by atoms with Gasteiger partial charge in [-0.25, -0.2) is 8.42 Å². The Hall–Kier alpha value is -1.11. The molecule has 1 aromatic rings. The normalized spacial score (nSPS) is 26.6. The molecule has 6 heteroatoms. The number of rotatable bonds is 3. The SMILES string of the molecule is NC1CCN(S(=O)(=O)CC2CCCO2)c2ccccc21. The summed E-state index contributed by atoms with van der Waals surface area (Å²) >= 11 is 0. The summed E-state index contributed by atoms with van der Waals surface area (Å²) in [4.78, 5) is 0. The number of nitrogens with two attached hydrogens (primary N) is 1. The molecule has 0 aliphatic carbocycles. The van der Waals surface area contributed by atoms with Gasteiger partial charge in [0.2, 0.25) is 10.0 Å². The fourth-order valence-electron chi connectivity index (χ4n) is 2.95. The van der Waals surface area contributed by atoms with Crippen LogP contribution in [0.1, 0.15) is 30.9 Å². The molecular formula is C14H20N2O3S. The third-order valence-electron chi connectivity index (χ3n) is 4.00. The van der Waals surface area contributed by atoms with Gasteiger partial charge in [-0.15, -0.1) is 0 Å². The van der Waals surface area contributed by atoms with Gasteiger partial charge in [-0.3, -0.25) is 4.31 Å². The van der Waals surface area contributed by atoms with E-state index in [-0.39, 0.29) is 17.9 Å². The smallest absolute Gasteiger partial charge is 0.237 e. The zero-order valence-corrected chi connectivity index (χ0v) is 12.2. The molecule has 1 fully saturated rings. The molecule has 0 saturated carbocycles. The highest BCUT2D eigenvalue weighted by atomic mass is 32.2. The minimum atomic E-state index is -3.35. The lowest BCUT2D eigenvalue weighted by Crippen LogP contribution is -2.41. The number of ether oxygens (including phenoxy) is 1. The number of hydrogen-bond acceptors (Lipinski definition) is 4. The van der Waals surface area contributed by atoms with Crippen molar-refractivity contribution in [3.63, 3.8) is 0 Å². The van der Waals surface area contributed by atoms with Crippen molar-refractivity contribution in [3.05, 3.63) is 29.8 Å². The van der Waals surface area contributed by atoms with E-state index in [2.05, 4.69) is 0 Å². The molecule has 2 atom stereocenters. The van der Waals surface area contributed by atoms with Crippen LogP contribution in [-0.2, 0) is 14.8 Å². The summed E-state index contributed by atoms with van der Waals surface area (Å²) in [6.45, 7) is 1.12. The fourth-order valence-corrected chi connectivity index (χ4v) is 4.71. The molecule has 1 aromatic carbocycles. The molecule has 0 aromatic heterocycles. The topological polar surface area (TPSA) is 72.6 Å². The lowest BCUT2D eigenvalue weighted by Gasteiger charge is -2.34. The zero-order chi connectivity index (χ0) is 14.2. The maximum absolute atomic E-state index is 12.6. The number of hydrogen-bond donors (Lipinski definition) is 1. The number of anilines is 1. The van der Waals surface area contributed by atoms with E-state index in [9.17, 15) is 8.42 Å². The van der Waals surface area contributed by atoms with Crippen molar-refractivity contribution in [2.24, 2.45) is 5.73 Å². The van der Waals surface area contributed by atoms with Crippen molar-refractivity contribution in [2.45, 2.75) is 31.4 Å². The van der Waals surface area contributed by atoms with Gasteiger partial charge in [0, 0.05) is 19.2 Å². The quantitative estimate of drug-likeness (QED) is 0.915. The standard InChI is InChI=1S/C14H20N2O3S/c15-13-7-8-16(14-6-2-1-5-12(13)14)20(17,18)10-11-4-3-9-19-11/h1-2,5-6,11,13H,3-4,7-10,15H2. The van der Waals surface area contributed by atoms with E-state index in [1.165, 1.54) is 4.31 Å². The van der Waals surface area contributed by atoms with Gasteiger partial charge in [-0.05, 0) is 30.9 Å². The molecule has 0 radical (unpaired) electrons. The van der Waals surface area contributed by atoms with Gasteiger partial charge >= 0.3 is 0 Å². The molecule has 5 nitrogen and oxygen atoms in total. The van der Waals surface area contributed by atoms with E-state index < -0.39 is 10.0 Å². The molecule has 2 unspecified atom stereocenters. The summed E-state index contributed by atoms with van der Waals surface area (Å²) in [6, 6.07) is 7.41. The number of benzene rings is 1. The van der Waals surface area contributed by atoms with E-state index in [4.69, 9.17) is 10.5 Å². The van der Waals surface area contributed by atoms with Crippen molar-refractivity contribution < 1.29 is 13.2 Å². The summed E-state index contributed by atoms with van der Waals surface area (Å²) in [6.07, 6.45) is 2.26. The third kappa shape index (κ3) is 2.55. The Kier molecular flexibility index (Phi) is 3.70. The molecular weight excluding hydrogens is 276 g/mol. The summed E-state index contributed by atoms with van der Waals surface area (Å²) in [5.41, 5.74) is 7.71. The zero-order valence-electron chi connectivity index (χ0n) is 11.4. The third-order valence-corrected chi connectivity index (χ3v) is 5.85. The van der Waals surface area contributed by atoms with E-state index in [0.717, 1.165) is 24.1 Å². The maximum Gasteiger partial charge on any atom is 0.237 e. The molecule has 110 valence electrons. The van der Waals surface area contributed by atoms with Crippen molar-refractivity contribution in [1.29, 1.82) is 0 Å². The Morgan fingerprint density at radius 2 is 2.10 bits per heavy atom. The molecule has 2 heterocycles. The second kappa shape index (κ2) is 5.35. The second-order valence-corrected chi connectivity index (χ2v) is 7.38. The Balaban J connectivity index is 1.88. The van der Waals surface area contributed by atoms with Gasteiger partial charge in [0.25, 0.3) is 0 Å². The van der Waals surface area contributed by atoms with Crippen LogP contribution in [0.25, 0.3) is 0 Å². The lowest BCUT2D eigenvalue weighted by atomic mass is 9.99. The first-order chi connectivity index (χ1) is 9.58. The van der Waals surface area contributed by atoms with Crippen LogP contribution in [-0.4, -0.2) is 33.4 Å². The number of fused-ring (bicyclic) bond motifs is 1. The lowest BCUT2D eigenvalue weighted by molar-refractivity contribution is 0.127. The molecule has 0 amide bonds. The molecule has 20 heavy (non-hydrogen) atoms. The van der Waals surface area contributed by atoms with Crippen LogP contribution in [0.4, 0.5) is 5.69 Å². The van der Waals surface area contributed by atoms with Crippen LogP contribution in [0.5, 0.6) is 0 Å². The molecule has 0 bridgehead atoms. The highest BCUT2D eigenvalue weighted by Gasteiger charge is 2.33. The van der Waals surface area contributed by atoms with Gasteiger partial charge in [0.05, 0.1) is 17.5 Å². The van der Waals surface area contributed by atoms with Crippen LogP contribution < -0.4 is 10.0 Å². The van der Waals surface area contributed by atoms with Crippen molar-refractivity contribution in [1.82, 2.24) is 0 Å². The van der Waals surface area contributed by atoms with Crippen LogP contribution >= 0.6 is 0 Å². The van der Waals surface area contributed by atoms with Crippen LogP contribution in [0.15, 0.2) is 24.3 Å². The number of nitrogens with zero attached hydrogens (tertiary/aromatic N) is 1. The maximum atomic E-state index is 12.6. The highest BCUT2D eigenvalue weighted by molar-refractivity contribution is 7.92. The average molecular weight is 296 g/mol. The van der Waals surface area contributed by atoms with E-state index >= 15 is 0 Å². The largest absolute Gasteiger partial charge is 0.377 e. The van der Waals surface area contributed by atoms with Gasteiger partial charge in [0.15, 0.2) is 0 Å². The Labute approximate surface area is 119 Å². The summed E-state index contributed by atoms with van der Waals surface area (Å²) in [5, 5.41) is 0. The van der Waals surface area contributed by atoms with Gasteiger partial charge in [-0.1, -0.05) is 18.2 Å². The predicted octanol–water partition coefficient (Wildman–Crippen LogP) is 1.41. The minimum absolute atomic E-state index is 0.0660. The average Bonchev–Trinajstić information content (AvgIpc) is 2.91. The first-order valence-electron chi connectivity index (χ1n) is 7.04. The van der Waals surface area contributed by atoms with Crippen molar-refractivity contribution in [2.75, 3.05) is 23.2 Å². The molecule has 2 aliphatic heterocycles. The molecule has 2 N–H and O–H groups in total. The van der Waals surface area contributed by atoms with E-state index in [0.29, 0.717) is 19.6 Å². The summed E-state index contributed by atoms with van der Waals surface area (Å²) in [5.74, 6) is 0.0660. The first-order valence-corrected chi connectivity index (χ1v) is 8.65. The summed E-state index contributed by atoms with van der Waals surface area (Å²) in [7, 11) is -3.35. The molecule has 3 rings (SSSR count). The van der Waals surface area contributed by atoms with Gasteiger partial charge in [-0.2, -0.15) is 0 Å². The summed E-state index contributed by atoms with van der Waals surface area (Å²) < 4.78 is 32.2. The molecule has 1 saturated heterocycles. The van der Waals surface area contributed by atoms with Crippen LogP contribution in [0, 0.1) is 0 Å². The monoisotopic (exact) mass is 296 g/mol. The van der Waals surface area contributed by atoms with E-state index in [1.54, 1.807) is 0 Å². The van der Waals surface area contributed by atoms with Crippen LogP contribution in [0.2, 0.25) is 0 Å². The predicted molar refractivity (Wildman–Crippen MR) is 78.1 cm³/mol. The first kappa shape index (κ1) is 13.9. The van der Waals surface area contributed by atoms with Crippen LogP contribution in [0.3, 0.4) is 0 Å². The Morgan fingerprint density at radius 1 is 1.30 bits per heavy atom. The van der Waals surface area contributed by atoms with Crippen molar-refractivity contribution >= 4 is 15.7 Å². The second-order valence-electron chi connectivity index (χ2n) is 5.44. The van der Waals surface area contributed by atoms with Crippen molar-refractivity contribution in [3.8, 4) is 0 Å². The fraction of sp³-hybridized carbons (Fsp3) is 0.571. The highest BCUT2D eigenvalue weighted by Crippen LogP contribution is 2.34. The Morgan fingerprint density at radius 3 is 2.85 bits per heavy atom. The number of sulfonamides is 1. The van der Waals surface area contributed by atoms with E-state index in [1.807, 2.05) is 24.3 Å². The molecule has 0 spiro atoms. The number of para-hydroxylation sites is 1. The Bertz CT molecular complexity index is 582. The van der Waals surface area contributed by atoms with Gasteiger partial charge < -0.3 is 10.5 Å².